The lowest BCUT2D eigenvalue weighted by atomic mass is 10.1. The Kier molecular flexibility index (Phi) is 5.63. The summed E-state index contributed by atoms with van der Waals surface area (Å²) in [5, 5.41) is 9.35. The molecular weight excluding hydrogens is 310 g/mol. The van der Waals surface area contributed by atoms with Crippen LogP contribution in [-0.4, -0.2) is 54.8 Å². The van der Waals surface area contributed by atoms with Crippen LogP contribution in [0.1, 0.15) is 12.0 Å². The number of aliphatic carboxylic acids is 1. The Balaban J connectivity index is 2.02. The van der Waals surface area contributed by atoms with Crippen molar-refractivity contribution in [2.45, 2.75) is 18.9 Å². The molecule has 1 N–H and O–H groups in total. The predicted molar refractivity (Wildman–Crippen MR) is 80.3 cm³/mol. The number of carbonyl (C=O) groups excluding carboxylic acids is 1. The van der Waals surface area contributed by atoms with Crippen LogP contribution in [0.3, 0.4) is 0 Å². The summed E-state index contributed by atoms with van der Waals surface area (Å²) in [5.41, 5.74) is 0.710. The van der Waals surface area contributed by atoms with Crippen molar-refractivity contribution in [2.24, 2.45) is 0 Å². The minimum Gasteiger partial charge on any atom is -0.496 e. The third kappa shape index (κ3) is 4.35. The van der Waals surface area contributed by atoms with Crippen LogP contribution in [0.2, 0.25) is 5.02 Å². The molecule has 0 aliphatic carbocycles. The molecule has 22 heavy (non-hydrogen) atoms. The van der Waals surface area contributed by atoms with Gasteiger partial charge in [-0.05, 0) is 18.2 Å². The average molecular weight is 328 g/mol. The fourth-order valence-electron chi connectivity index (χ4n) is 2.42. The smallest absolute Gasteiger partial charge is 0.306 e. The van der Waals surface area contributed by atoms with Gasteiger partial charge in [0.25, 0.3) is 0 Å². The minimum atomic E-state index is -0.934. The summed E-state index contributed by atoms with van der Waals surface area (Å²) >= 11 is 5.96. The second-order valence-electron chi connectivity index (χ2n) is 5.06. The van der Waals surface area contributed by atoms with Gasteiger partial charge >= 0.3 is 5.97 Å². The molecule has 1 heterocycles. The van der Waals surface area contributed by atoms with Crippen molar-refractivity contribution in [3.8, 4) is 5.75 Å². The maximum atomic E-state index is 12.4. The Hall–Kier alpha value is -1.79. The standard InChI is InChI=1S/C15H18ClNO5/c1-21-13-3-2-11(16)6-10(13)7-14(18)17-4-5-22-12(9-17)8-15(19)20/h2-3,6,12H,4-5,7-9H2,1H3,(H,19,20)/t12-/m0/s1. The average Bonchev–Trinajstić information content (AvgIpc) is 2.47. The molecule has 1 aromatic rings. The van der Waals surface area contributed by atoms with Gasteiger partial charge in [-0.15, -0.1) is 0 Å². The summed E-state index contributed by atoms with van der Waals surface area (Å²) in [4.78, 5) is 24.8. The molecule has 0 radical (unpaired) electrons. The summed E-state index contributed by atoms with van der Waals surface area (Å²) in [5.74, 6) is -0.428. The molecule has 0 aromatic heterocycles. The van der Waals surface area contributed by atoms with E-state index in [1.54, 1.807) is 23.1 Å². The van der Waals surface area contributed by atoms with E-state index in [-0.39, 0.29) is 25.3 Å². The molecular formula is C15H18ClNO5. The summed E-state index contributed by atoms with van der Waals surface area (Å²) in [7, 11) is 1.54. The zero-order valence-corrected chi connectivity index (χ0v) is 13.0. The highest BCUT2D eigenvalue weighted by atomic mass is 35.5. The first-order chi connectivity index (χ1) is 10.5. The predicted octanol–water partition coefficient (Wildman–Crippen LogP) is 1.59. The van der Waals surface area contributed by atoms with Crippen molar-refractivity contribution in [2.75, 3.05) is 26.8 Å². The van der Waals surface area contributed by atoms with Gasteiger partial charge in [-0.2, -0.15) is 0 Å². The van der Waals surface area contributed by atoms with Crippen LogP contribution >= 0.6 is 11.6 Å². The highest BCUT2D eigenvalue weighted by Crippen LogP contribution is 2.24. The number of morpholine rings is 1. The summed E-state index contributed by atoms with van der Waals surface area (Å²) in [6, 6.07) is 5.12. The fraction of sp³-hybridized carbons (Fsp3) is 0.467. The monoisotopic (exact) mass is 327 g/mol. The highest BCUT2D eigenvalue weighted by Gasteiger charge is 2.26. The Morgan fingerprint density at radius 1 is 1.50 bits per heavy atom. The number of amides is 1. The summed E-state index contributed by atoms with van der Waals surface area (Å²) in [6.45, 7) is 1.09. The van der Waals surface area contributed by atoms with Gasteiger partial charge in [0.2, 0.25) is 5.91 Å². The first kappa shape index (κ1) is 16.6. The van der Waals surface area contributed by atoms with Gasteiger partial charge in [-0.25, -0.2) is 0 Å². The van der Waals surface area contributed by atoms with Crippen LogP contribution in [0.25, 0.3) is 0 Å². The van der Waals surface area contributed by atoms with Gasteiger partial charge in [-0.3, -0.25) is 9.59 Å². The van der Waals surface area contributed by atoms with Crippen LogP contribution in [0.4, 0.5) is 0 Å². The Morgan fingerprint density at radius 2 is 2.27 bits per heavy atom. The van der Waals surface area contributed by atoms with Crippen molar-refractivity contribution in [3.63, 3.8) is 0 Å². The van der Waals surface area contributed by atoms with Crippen molar-refractivity contribution < 1.29 is 24.2 Å². The maximum Gasteiger partial charge on any atom is 0.306 e. The molecule has 1 fully saturated rings. The second kappa shape index (κ2) is 7.47. The minimum absolute atomic E-state index is 0.0979. The van der Waals surface area contributed by atoms with E-state index in [1.807, 2.05) is 0 Å². The topological polar surface area (TPSA) is 76.1 Å². The van der Waals surface area contributed by atoms with Gasteiger partial charge < -0.3 is 19.5 Å². The molecule has 1 atom stereocenters. The molecule has 1 aliphatic rings. The first-order valence-electron chi connectivity index (χ1n) is 6.93. The molecule has 0 unspecified atom stereocenters. The number of hydrogen-bond acceptors (Lipinski definition) is 4. The van der Waals surface area contributed by atoms with E-state index in [4.69, 9.17) is 26.2 Å². The van der Waals surface area contributed by atoms with Crippen molar-refractivity contribution in [3.05, 3.63) is 28.8 Å². The normalized spacial score (nSPS) is 18.1. The summed E-state index contributed by atoms with van der Waals surface area (Å²) < 4.78 is 10.6. The van der Waals surface area contributed by atoms with E-state index < -0.39 is 12.1 Å². The van der Waals surface area contributed by atoms with Crippen molar-refractivity contribution in [1.29, 1.82) is 0 Å². The SMILES string of the molecule is COc1ccc(Cl)cc1CC(=O)N1CCO[C@@H](CC(=O)O)C1. The van der Waals surface area contributed by atoms with Crippen LogP contribution in [0.5, 0.6) is 5.75 Å². The molecule has 1 aliphatic heterocycles. The molecule has 7 heteroatoms. The highest BCUT2D eigenvalue weighted by molar-refractivity contribution is 6.30. The zero-order chi connectivity index (χ0) is 16.1. The van der Waals surface area contributed by atoms with E-state index in [9.17, 15) is 9.59 Å². The number of ether oxygens (including phenoxy) is 2. The lowest BCUT2D eigenvalue weighted by Gasteiger charge is -2.32. The number of benzene rings is 1. The number of carbonyl (C=O) groups is 2. The van der Waals surface area contributed by atoms with Crippen LogP contribution in [0.15, 0.2) is 18.2 Å². The number of hydrogen-bond donors (Lipinski definition) is 1. The first-order valence-corrected chi connectivity index (χ1v) is 7.31. The molecule has 1 aromatic carbocycles. The van der Waals surface area contributed by atoms with Gasteiger partial charge in [0, 0.05) is 23.7 Å². The van der Waals surface area contributed by atoms with E-state index in [1.165, 1.54) is 7.11 Å². The van der Waals surface area contributed by atoms with Gasteiger partial charge in [0.15, 0.2) is 0 Å². The zero-order valence-electron chi connectivity index (χ0n) is 12.3. The molecule has 0 saturated carbocycles. The number of nitrogens with zero attached hydrogens (tertiary/aromatic N) is 1. The number of carboxylic acid groups (broad SMARTS) is 1. The number of rotatable bonds is 5. The van der Waals surface area contributed by atoms with Crippen molar-refractivity contribution >= 4 is 23.5 Å². The number of methoxy groups -OCH3 is 1. The molecule has 2 rings (SSSR count). The largest absolute Gasteiger partial charge is 0.496 e. The second-order valence-corrected chi connectivity index (χ2v) is 5.50. The molecule has 1 saturated heterocycles. The maximum absolute atomic E-state index is 12.4. The van der Waals surface area contributed by atoms with Crippen LogP contribution in [0, 0.1) is 0 Å². The van der Waals surface area contributed by atoms with E-state index in [0.29, 0.717) is 29.5 Å². The van der Waals surface area contributed by atoms with Crippen LogP contribution < -0.4 is 4.74 Å². The van der Waals surface area contributed by atoms with Gasteiger partial charge in [0.1, 0.15) is 5.75 Å². The van der Waals surface area contributed by atoms with Crippen LogP contribution in [-0.2, 0) is 20.7 Å². The molecule has 120 valence electrons. The van der Waals surface area contributed by atoms with E-state index in [2.05, 4.69) is 0 Å². The van der Waals surface area contributed by atoms with Gasteiger partial charge in [0.05, 0.1) is 32.7 Å². The quantitative estimate of drug-likeness (QED) is 0.889. The lowest BCUT2D eigenvalue weighted by molar-refractivity contribution is -0.147. The molecule has 0 bridgehead atoms. The Bertz CT molecular complexity index is 563. The summed E-state index contributed by atoms with van der Waals surface area (Å²) in [6.07, 6.45) is -0.412. The third-order valence-electron chi connectivity index (χ3n) is 3.48. The van der Waals surface area contributed by atoms with E-state index >= 15 is 0 Å². The third-order valence-corrected chi connectivity index (χ3v) is 3.71. The fourth-order valence-corrected chi connectivity index (χ4v) is 2.62. The van der Waals surface area contributed by atoms with Gasteiger partial charge in [-0.1, -0.05) is 11.6 Å². The Labute approximate surface area is 133 Å². The number of carboxylic acids is 1. The molecule has 0 spiro atoms. The lowest BCUT2D eigenvalue weighted by Crippen LogP contribution is -2.46. The molecule has 6 nitrogen and oxygen atoms in total. The Morgan fingerprint density at radius 3 is 2.95 bits per heavy atom. The van der Waals surface area contributed by atoms with E-state index in [0.717, 1.165) is 0 Å². The van der Waals surface area contributed by atoms with Crippen molar-refractivity contribution in [1.82, 2.24) is 4.90 Å². The number of halogens is 1. The molecule has 1 amide bonds.